The first-order valence-corrected chi connectivity index (χ1v) is 7.06. The summed E-state index contributed by atoms with van der Waals surface area (Å²) in [6.07, 6.45) is 0.701. The van der Waals surface area contributed by atoms with Crippen LogP contribution >= 0.6 is 0 Å². The van der Waals surface area contributed by atoms with Crippen molar-refractivity contribution in [2.45, 2.75) is 45.3 Å². The number of ether oxygens (including phenoxy) is 1. The van der Waals surface area contributed by atoms with Gasteiger partial charge in [0.25, 0.3) is 0 Å². The van der Waals surface area contributed by atoms with Crippen molar-refractivity contribution >= 4 is 6.09 Å². The Balaban J connectivity index is 1.99. The summed E-state index contributed by atoms with van der Waals surface area (Å²) >= 11 is 0. The molecule has 1 N–H and O–H groups in total. The maximum atomic E-state index is 12.0. The van der Waals surface area contributed by atoms with Crippen LogP contribution in [-0.2, 0) is 11.3 Å². The van der Waals surface area contributed by atoms with E-state index in [0.717, 1.165) is 18.5 Å². The van der Waals surface area contributed by atoms with Crippen molar-refractivity contribution < 1.29 is 14.6 Å². The summed E-state index contributed by atoms with van der Waals surface area (Å²) in [5.41, 5.74) is 1.65. The Morgan fingerprint density at radius 3 is 2.85 bits per heavy atom. The molecule has 2 rings (SSSR count). The van der Waals surface area contributed by atoms with Gasteiger partial charge in [-0.25, -0.2) is 4.79 Å². The first kappa shape index (κ1) is 14.9. The molecule has 0 unspecified atom stereocenters. The van der Waals surface area contributed by atoms with E-state index in [1.54, 1.807) is 4.90 Å². The maximum Gasteiger partial charge on any atom is 0.410 e. The van der Waals surface area contributed by atoms with Gasteiger partial charge in [-0.2, -0.15) is 0 Å². The first-order chi connectivity index (χ1) is 9.39. The number of nitrogens with zero attached hydrogens (tertiary/aromatic N) is 1. The zero-order chi connectivity index (χ0) is 14.8. The fourth-order valence-corrected chi connectivity index (χ4v) is 2.47. The summed E-state index contributed by atoms with van der Waals surface area (Å²) in [4.78, 5) is 13.8. The minimum atomic E-state index is -0.452. The summed E-state index contributed by atoms with van der Waals surface area (Å²) in [5.74, 6) is 0.328. The molecule has 1 aliphatic rings. The van der Waals surface area contributed by atoms with Crippen LogP contribution in [0.5, 0.6) is 0 Å². The third kappa shape index (κ3) is 3.73. The second kappa shape index (κ2) is 5.83. The number of likely N-dealkylation sites (tertiary alicyclic amines) is 1. The first-order valence-electron chi connectivity index (χ1n) is 7.06. The third-order valence-corrected chi connectivity index (χ3v) is 3.44. The van der Waals surface area contributed by atoms with Crippen LogP contribution in [0.2, 0.25) is 0 Å². The van der Waals surface area contributed by atoms with Crippen LogP contribution < -0.4 is 0 Å². The molecular formula is C16H23NO3. The molecule has 110 valence electrons. The number of hydrogen-bond acceptors (Lipinski definition) is 3. The van der Waals surface area contributed by atoms with E-state index in [0.29, 0.717) is 12.5 Å². The third-order valence-electron chi connectivity index (χ3n) is 3.44. The van der Waals surface area contributed by atoms with Crippen molar-refractivity contribution in [3.8, 4) is 0 Å². The SMILES string of the molecule is CC(C)(C)OC(=O)N1CC[C@@H](c2cccc(CO)c2)C1. The van der Waals surface area contributed by atoms with E-state index in [9.17, 15) is 9.90 Å². The van der Waals surface area contributed by atoms with E-state index in [2.05, 4.69) is 6.07 Å². The van der Waals surface area contributed by atoms with E-state index in [1.807, 2.05) is 39.0 Å². The lowest BCUT2D eigenvalue weighted by Crippen LogP contribution is -2.35. The standard InChI is InChI=1S/C16H23NO3/c1-16(2,3)20-15(19)17-8-7-14(10-17)13-6-4-5-12(9-13)11-18/h4-6,9,14,18H,7-8,10-11H2,1-3H3/t14-/m1/s1. The molecule has 0 aromatic heterocycles. The Hall–Kier alpha value is -1.55. The van der Waals surface area contributed by atoms with Crippen LogP contribution in [0.4, 0.5) is 4.79 Å². The molecule has 0 spiro atoms. The van der Waals surface area contributed by atoms with Crippen molar-refractivity contribution in [2.75, 3.05) is 13.1 Å². The van der Waals surface area contributed by atoms with Crippen LogP contribution in [0, 0.1) is 0 Å². The van der Waals surface area contributed by atoms with E-state index in [1.165, 1.54) is 5.56 Å². The monoisotopic (exact) mass is 277 g/mol. The van der Waals surface area contributed by atoms with Gasteiger partial charge in [-0.3, -0.25) is 0 Å². The van der Waals surface area contributed by atoms with E-state index < -0.39 is 5.60 Å². The van der Waals surface area contributed by atoms with Gasteiger partial charge in [-0.05, 0) is 38.3 Å². The number of hydrogen-bond donors (Lipinski definition) is 1. The van der Waals surface area contributed by atoms with E-state index in [4.69, 9.17) is 4.74 Å². The number of carbonyl (C=O) groups is 1. The van der Waals surface area contributed by atoms with Gasteiger partial charge in [0.05, 0.1) is 6.61 Å². The predicted molar refractivity (Wildman–Crippen MR) is 77.5 cm³/mol. The average Bonchev–Trinajstić information content (AvgIpc) is 2.86. The van der Waals surface area contributed by atoms with Gasteiger partial charge in [-0.1, -0.05) is 24.3 Å². The van der Waals surface area contributed by atoms with Crippen LogP contribution in [0.15, 0.2) is 24.3 Å². The molecule has 1 atom stereocenters. The van der Waals surface area contributed by atoms with Crippen molar-refractivity contribution in [1.82, 2.24) is 4.90 Å². The largest absolute Gasteiger partial charge is 0.444 e. The smallest absolute Gasteiger partial charge is 0.410 e. The number of rotatable bonds is 2. The van der Waals surface area contributed by atoms with Gasteiger partial charge in [0.15, 0.2) is 0 Å². The molecular weight excluding hydrogens is 254 g/mol. The molecule has 4 nitrogen and oxygen atoms in total. The Kier molecular flexibility index (Phi) is 4.33. The molecule has 0 bridgehead atoms. The molecule has 4 heteroatoms. The zero-order valence-corrected chi connectivity index (χ0v) is 12.4. The summed E-state index contributed by atoms with van der Waals surface area (Å²) in [6.45, 7) is 7.10. The number of amides is 1. The molecule has 0 saturated carbocycles. The second-order valence-corrected chi connectivity index (χ2v) is 6.32. The van der Waals surface area contributed by atoms with Crippen molar-refractivity contribution in [1.29, 1.82) is 0 Å². The number of benzene rings is 1. The topological polar surface area (TPSA) is 49.8 Å². The summed E-state index contributed by atoms with van der Waals surface area (Å²) in [6, 6.07) is 7.94. The highest BCUT2D eigenvalue weighted by Gasteiger charge is 2.30. The minimum Gasteiger partial charge on any atom is -0.444 e. The van der Waals surface area contributed by atoms with Gasteiger partial charge >= 0.3 is 6.09 Å². The minimum absolute atomic E-state index is 0.0519. The highest BCUT2D eigenvalue weighted by Crippen LogP contribution is 2.28. The lowest BCUT2D eigenvalue weighted by molar-refractivity contribution is 0.0292. The van der Waals surface area contributed by atoms with Crippen molar-refractivity contribution in [3.63, 3.8) is 0 Å². The Morgan fingerprint density at radius 1 is 1.45 bits per heavy atom. The maximum absolute atomic E-state index is 12.0. The normalized spacial score (nSPS) is 19.2. The number of aliphatic hydroxyl groups is 1. The lowest BCUT2D eigenvalue weighted by Gasteiger charge is -2.24. The average molecular weight is 277 g/mol. The van der Waals surface area contributed by atoms with Gasteiger partial charge in [0, 0.05) is 19.0 Å². The molecule has 1 heterocycles. The fourth-order valence-electron chi connectivity index (χ4n) is 2.47. The van der Waals surface area contributed by atoms with Gasteiger partial charge in [-0.15, -0.1) is 0 Å². The summed E-state index contributed by atoms with van der Waals surface area (Å²) < 4.78 is 5.40. The molecule has 1 amide bonds. The van der Waals surface area contributed by atoms with E-state index >= 15 is 0 Å². The predicted octanol–water partition coefficient (Wildman–Crippen LogP) is 2.90. The molecule has 20 heavy (non-hydrogen) atoms. The Morgan fingerprint density at radius 2 is 2.20 bits per heavy atom. The van der Waals surface area contributed by atoms with Crippen LogP contribution in [0.1, 0.15) is 44.2 Å². The molecule has 1 saturated heterocycles. The van der Waals surface area contributed by atoms with Crippen LogP contribution in [0.3, 0.4) is 0 Å². The van der Waals surface area contributed by atoms with Crippen molar-refractivity contribution in [2.24, 2.45) is 0 Å². The van der Waals surface area contributed by atoms with Crippen molar-refractivity contribution in [3.05, 3.63) is 35.4 Å². The highest BCUT2D eigenvalue weighted by molar-refractivity contribution is 5.68. The highest BCUT2D eigenvalue weighted by atomic mass is 16.6. The van der Waals surface area contributed by atoms with E-state index in [-0.39, 0.29) is 12.7 Å². The molecule has 0 aliphatic carbocycles. The Labute approximate surface area is 120 Å². The van der Waals surface area contributed by atoms with Crippen LogP contribution in [-0.4, -0.2) is 34.8 Å². The Bertz CT molecular complexity index is 479. The van der Waals surface area contributed by atoms with Gasteiger partial charge in [0.1, 0.15) is 5.60 Å². The quantitative estimate of drug-likeness (QED) is 0.904. The fraction of sp³-hybridized carbons (Fsp3) is 0.562. The van der Waals surface area contributed by atoms with Gasteiger partial charge in [0.2, 0.25) is 0 Å². The number of carbonyl (C=O) groups excluding carboxylic acids is 1. The molecule has 1 aromatic rings. The molecule has 0 radical (unpaired) electrons. The molecule has 1 aliphatic heterocycles. The number of aliphatic hydroxyl groups excluding tert-OH is 1. The molecule has 1 fully saturated rings. The summed E-state index contributed by atoms with van der Waals surface area (Å²) in [5, 5.41) is 9.19. The second-order valence-electron chi connectivity index (χ2n) is 6.32. The van der Waals surface area contributed by atoms with Gasteiger partial charge < -0.3 is 14.7 Å². The lowest BCUT2D eigenvalue weighted by atomic mass is 9.97. The van der Waals surface area contributed by atoms with Crippen LogP contribution in [0.25, 0.3) is 0 Å². The zero-order valence-electron chi connectivity index (χ0n) is 12.4. The molecule has 1 aromatic carbocycles. The summed E-state index contributed by atoms with van der Waals surface area (Å²) in [7, 11) is 0.